The molecule has 1 unspecified atom stereocenters. The maximum atomic E-state index is 4.38. The van der Waals surface area contributed by atoms with Crippen molar-refractivity contribution < 1.29 is 0 Å². The topological polar surface area (TPSA) is 12.9 Å². The SMILES string of the molecule is CCC(Cc1ccccn1)C1CC1. The average molecular weight is 175 g/mol. The van der Waals surface area contributed by atoms with Crippen molar-refractivity contribution in [1.29, 1.82) is 0 Å². The van der Waals surface area contributed by atoms with Gasteiger partial charge in [-0.3, -0.25) is 4.98 Å². The monoisotopic (exact) mass is 175 g/mol. The summed E-state index contributed by atoms with van der Waals surface area (Å²) < 4.78 is 0. The molecule has 0 bridgehead atoms. The standard InChI is InChI=1S/C12H17N/c1-2-10(11-6-7-11)9-12-5-3-4-8-13-12/h3-5,8,10-11H,2,6-7,9H2,1H3. The van der Waals surface area contributed by atoms with E-state index in [4.69, 9.17) is 0 Å². The highest BCUT2D eigenvalue weighted by atomic mass is 14.7. The molecule has 1 nitrogen and oxygen atoms in total. The quantitative estimate of drug-likeness (QED) is 0.685. The third-order valence-electron chi connectivity index (χ3n) is 3.01. The van der Waals surface area contributed by atoms with E-state index < -0.39 is 0 Å². The summed E-state index contributed by atoms with van der Waals surface area (Å²) in [5.41, 5.74) is 1.27. The lowest BCUT2D eigenvalue weighted by Gasteiger charge is -2.12. The van der Waals surface area contributed by atoms with Crippen molar-refractivity contribution in [3.8, 4) is 0 Å². The summed E-state index contributed by atoms with van der Waals surface area (Å²) in [6, 6.07) is 6.22. The van der Waals surface area contributed by atoms with Crippen LogP contribution >= 0.6 is 0 Å². The van der Waals surface area contributed by atoms with Gasteiger partial charge < -0.3 is 0 Å². The molecule has 0 aromatic carbocycles. The zero-order chi connectivity index (χ0) is 9.10. The Kier molecular flexibility index (Phi) is 2.62. The molecule has 1 fully saturated rings. The summed E-state index contributed by atoms with van der Waals surface area (Å²) in [4.78, 5) is 4.38. The van der Waals surface area contributed by atoms with Crippen molar-refractivity contribution in [3.05, 3.63) is 30.1 Å². The number of hydrogen-bond acceptors (Lipinski definition) is 1. The van der Waals surface area contributed by atoms with Crippen molar-refractivity contribution in [3.63, 3.8) is 0 Å². The molecule has 1 heteroatoms. The lowest BCUT2D eigenvalue weighted by molar-refractivity contribution is 0.440. The minimum absolute atomic E-state index is 0.884. The molecule has 1 aliphatic carbocycles. The van der Waals surface area contributed by atoms with E-state index in [1.165, 1.54) is 31.4 Å². The van der Waals surface area contributed by atoms with Crippen molar-refractivity contribution in [2.24, 2.45) is 11.8 Å². The van der Waals surface area contributed by atoms with E-state index in [1.54, 1.807) is 0 Å². The van der Waals surface area contributed by atoms with Crippen molar-refractivity contribution in [2.75, 3.05) is 0 Å². The van der Waals surface area contributed by atoms with Crippen molar-refractivity contribution in [1.82, 2.24) is 4.98 Å². The van der Waals surface area contributed by atoms with Gasteiger partial charge in [-0.1, -0.05) is 19.4 Å². The Balaban J connectivity index is 1.95. The Labute approximate surface area is 80.2 Å². The first kappa shape index (κ1) is 8.74. The van der Waals surface area contributed by atoms with Gasteiger partial charge >= 0.3 is 0 Å². The van der Waals surface area contributed by atoms with Crippen LogP contribution in [-0.2, 0) is 6.42 Å². The molecule has 0 amide bonds. The molecule has 0 saturated heterocycles. The molecule has 1 saturated carbocycles. The lowest BCUT2D eigenvalue weighted by atomic mass is 9.95. The first-order valence-electron chi connectivity index (χ1n) is 5.30. The highest BCUT2D eigenvalue weighted by molar-refractivity contribution is 5.05. The van der Waals surface area contributed by atoms with Gasteiger partial charge in [-0.05, 0) is 43.2 Å². The number of rotatable bonds is 4. The summed E-state index contributed by atoms with van der Waals surface area (Å²) in [6.45, 7) is 2.30. The van der Waals surface area contributed by atoms with Gasteiger partial charge in [-0.25, -0.2) is 0 Å². The van der Waals surface area contributed by atoms with Gasteiger partial charge in [0.05, 0.1) is 0 Å². The first-order chi connectivity index (χ1) is 6.40. The summed E-state index contributed by atoms with van der Waals surface area (Å²) in [5.74, 6) is 1.89. The largest absolute Gasteiger partial charge is 0.261 e. The minimum Gasteiger partial charge on any atom is -0.261 e. The molecule has 1 aromatic heterocycles. The maximum absolute atomic E-state index is 4.38. The molecule has 13 heavy (non-hydrogen) atoms. The Morgan fingerprint density at radius 2 is 2.31 bits per heavy atom. The minimum atomic E-state index is 0.884. The molecule has 1 aliphatic rings. The van der Waals surface area contributed by atoms with E-state index in [9.17, 15) is 0 Å². The van der Waals surface area contributed by atoms with E-state index in [0.717, 1.165) is 11.8 Å². The Bertz CT molecular complexity index is 251. The zero-order valence-electron chi connectivity index (χ0n) is 8.24. The second-order valence-electron chi connectivity index (χ2n) is 4.03. The van der Waals surface area contributed by atoms with E-state index in [0.29, 0.717) is 0 Å². The molecule has 2 rings (SSSR count). The second-order valence-corrected chi connectivity index (χ2v) is 4.03. The number of hydrogen-bond donors (Lipinski definition) is 0. The molecule has 0 spiro atoms. The van der Waals surface area contributed by atoms with Crippen LogP contribution in [-0.4, -0.2) is 4.98 Å². The molecular formula is C12H17N. The van der Waals surface area contributed by atoms with Crippen LogP contribution in [0.25, 0.3) is 0 Å². The molecular weight excluding hydrogens is 158 g/mol. The van der Waals surface area contributed by atoms with E-state index >= 15 is 0 Å². The number of aromatic nitrogens is 1. The van der Waals surface area contributed by atoms with E-state index in [-0.39, 0.29) is 0 Å². The number of nitrogens with zero attached hydrogens (tertiary/aromatic N) is 1. The molecule has 0 N–H and O–H groups in total. The molecule has 0 aliphatic heterocycles. The molecule has 1 aromatic rings. The van der Waals surface area contributed by atoms with Gasteiger partial charge in [0.25, 0.3) is 0 Å². The summed E-state index contributed by atoms with van der Waals surface area (Å²) in [6.07, 6.45) is 7.29. The molecule has 70 valence electrons. The molecule has 0 radical (unpaired) electrons. The maximum Gasteiger partial charge on any atom is 0.0406 e. The van der Waals surface area contributed by atoms with Gasteiger partial charge in [0.1, 0.15) is 0 Å². The Morgan fingerprint density at radius 3 is 2.85 bits per heavy atom. The fourth-order valence-electron chi connectivity index (χ4n) is 2.00. The predicted octanol–water partition coefficient (Wildman–Crippen LogP) is 3.06. The average Bonchev–Trinajstić information content (AvgIpc) is 2.99. The van der Waals surface area contributed by atoms with Crippen LogP contribution in [0, 0.1) is 11.8 Å². The van der Waals surface area contributed by atoms with Crippen molar-refractivity contribution in [2.45, 2.75) is 32.6 Å². The van der Waals surface area contributed by atoms with Crippen LogP contribution in [0.2, 0.25) is 0 Å². The van der Waals surface area contributed by atoms with Crippen LogP contribution in [0.3, 0.4) is 0 Å². The van der Waals surface area contributed by atoms with Gasteiger partial charge in [0.15, 0.2) is 0 Å². The normalized spacial score (nSPS) is 18.5. The van der Waals surface area contributed by atoms with Crippen LogP contribution in [0.1, 0.15) is 31.9 Å². The predicted molar refractivity (Wildman–Crippen MR) is 54.4 cm³/mol. The van der Waals surface area contributed by atoms with Crippen LogP contribution in [0.5, 0.6) is 0 Å². The summed E-state index contributed by atoms with van der Waals surface area (Å²) >= 11 is 0. The van der Waals surface area contributed by atoms with Crippen LogP contribution in [0.15, 0.2) is 24.4 Å². The van der Waals surface area contributed by atoms with Crippen LogP contribution < -0.4 is 0 Å². The van der Waals surface area contributed by atoms with E-state index in [2.05, 4.69) is 24.0 Å². The third kappa shape index (κ3) is 2.30. The Morgan fingerprint density at radius 1 is 1.46 bits per heavy atom. The lowest BCUT2D eigenvalue weighted by Crippen LogP contribution is -2.06. The molecule has 1 heterocycles. The fourth-order valence-corrected chi connectivity index (χ4v) is 2.00. The van der Waals surface area contributed by atoms with Gasteiger partial charge in [-0.2, -0.15) is 0 Å². The molecule has 1 atom stereocenters. The zero-order valence-corrected chi connectivity index (χ0v) is 8.24. The smallest absolute Gasteiger partial charge is 0.0406 e. The van der Waals surface area contributed by atoms with Gasteiger partial charge in [0.2, 0.25) is 0 Å². The highest BCUT2D eigenvalue weighted by Crippen LogP contribution is 2.39. The Hall–Kier alpha value is -0.850. The van der Waals surface area contributed by atoms with Gasteiger partial charge in [0, 0.05) is 11.9 Å². The number of pyridine rings is 1. The van der Waals surface area contributed by atoms with Crippen LogP contribution in [0.4, 0.5) is 0 Å². The fraction of sp³-hybridized carbons (Fsp3) is 0.583. The first-order valence-corrected chi connectivity index (χ1v) is 5.30. The highest BCUT2D eigenvalue weighted by Gasteiger charge is 2.29. The van der Waals surface area contributed by atoms with E-state index in [1.807, 2.05) is 12.3 Å². The van der Waals surface area contributed by atoms with Gasteiger partial charge in [-0.15, -0.1) is 0 Å². The van der Waals surface area contributed by atoms with Crippen molar-refractivity contribution >= 4 is 0 Å². The second kappa shape index (κ2) is 3.91. The third-order valence-corrected chi connectivity index (χ3v) is 3.01. The summed E-state index contributed by atoms with van der Waals surface area (Å²) in [5, 5.41) is 0. The summed E-state index contributed by atoms with van der Waals surface area (Å²) in [7, 11) is 0.